The molecule has 17 heavy (non-hydrogen) atoms. The number of hydrazine groups is 1. The fraction of sp³-hybridized carbons (Fsp3) is 0.462. The van der Waals surface area contributed by atoms with Gasteiger partial charge in [0.05, 0.1) is 0 Å². The standard InChI is InChI=1S/C13H22N4/c1-10(2)15-13(16-14)17(4)9-12-8-6-5-7-11(12)3/h5-8,10H,9,14H2,1-4H3,(H,15,16). The highest BCUT2D eigenvalue weighted by Gasteiger charge is 2.07. The van der Waals surface area contributed by atoms with Crippen molar-refractivity contribution in [2.45, 2.75) is 33.4 Å². The van der Waals surface area contributed by atoms with E-state index in [-0.39, 0.29) is 6.04 Å². The Morgan fingerprint density at radius 2 is 2.06 bits per heavy atom. The molecule has 0 unspecified atom stereocenters. The first-order valence-corrected chi connectivity index (χ1v) is 5.84. The molecule has 0 fully saturated rings. The van der Waals surface area contributed by atoms with E-state index in [1.165, 1.54) is 11.1 Å². The molecule has 0 amide bonds. The second kappa shape index (κ2) is 6.25. The summed E-state index contributed by atoms with van der Waals surface area (Å²) in [5.74, 6) is 6.20. The van der Waals surface area contributed by atoms with Gasteiger partial charge >= 0.3 is 0 Å². The van der Waals surface area contributed by atoms with Crippen LogP contribution in [0.5, 0.6) is 0 Å². The Kier molecular flexibility index (Phi) is 4.97. The molecule has 4 nitrogen and oxygen atoms in total. The highest BCUT2D eigenvalue weighted by Crippen LogP contribution is 2.09. The zero-order valence-electron chi connectivity index (χ0n) is 11.1. The molecule has 0 aromatic heterocycles. The van der Waals surface area contributed by atoms with Crippen LogP contribution >= 0.6 is 0 Å². The van der Waals surface area contributed by atoms with E-state index in [0.29, 0.717) is 5.96 Å². The van der Waals surface area contributed by atoms with Crippen molar-refractivity contribution < 1.29 is 0 Å². The normalized spacial score (nSPS) is 11.8. The molecule has 0 radical (unpaired) electrons. The van der Waals surface area contributed by atoms with Gasteiger partial charge in [-0.15, -0.1) is 0 Å². The Morgan fingerprint density at radius 1 is 1.41 bits per heavy atom. The van der Waals surface area contributed by atoms with Gasteiger partial charge in [0.15, 0.2) is 0 Å². The van der Waals surface area contributed by atoms with Crippen molar-refractivity contribution in [2.75, 3.05) is 7.05 Å². The number of aliphatic imine (C=N–C) groups is 1. The predicted molar refractivity (Wildman–Crippen MR) is 72.5 cm³/mol. The van der Waals surface area contributed by atoms with Gasteiger partial charge in [0, 0.05) is 19.6 Å². The number of benzene rings is 1. The van der Waals surface area contributed by atoms with E-state index in [2.05, 4.69) is 29.5 Å². The third-order valence-electron chi connectivity index (χ3n) is 2.54. The second-order valence-corrected chi connectivity index (χ2v) is 4.47. The Morgan fingerprint density at radius 3 is 2.59 bits per heavy atom. The maximum absolute atomic E-state index is 5.49. The summed E-state index contributed by atoms with van der Waals surface area (Å²) in [6, 6.07) is 8.54. The molecule has 0 saturated heterocycles. The molecule has 0 bridgehead atoms. The number of aryl methyl sites for hydroxylation is 1. The van der Waals surface area contributed by atoms with Crippen molar-refractivity contribution in [2.24, 2.45) is 10.8 Å². The van der Waals surface area contributed by atoms with Crippen LogP contribution in [0.4, 0.5) is 0 Å². The molecule has 0 heterocycles. The molecule has 0 aliphatic rings. The van der Waals surface area contributed by atoms with Crippen molar-refractivity contribution in [3.8, 4) is 0 Å². The van der Waals surface area contributed by atoms with Crippen molar-refractivity contribution in [3.63, 3.8) is 0 Å². The number of nitrogens with one attached hydrogen (secondary N) is 1. The molecule has 3 N–H and O–H groups in total. The molecule has 94 valence electrons. The number of hydrogen-bond acceptors (Lipinski definition) is 2. The number of nitrogens with zero attached hydrogens (tertiary/aromatic N) is 2. The fourth-order valence-corrected chi connectivity index (χ4v) is 1.61. The lowest BCUT2D eigenvalue weighted by Crippen LogP contribution is -2.43. The zero-order valence-corrected chi connectivity index (χ0v) is 11.1. The molecule has 0 atom stereocenters. The topological polar surface area (TPSA) is 53.6 Å². The van der Waals surface area contributed by atoms with Gasteiger partial charge in [0.1, 0.15) is 0 Å². The lowest BCUT2D eigenvalue weighted by molar-refractivity contribution is 0.473. The lowest BCUT2D eigenvalue weighted by atomic mass is 10.1. The van der Waals surface area contributed by atoms with E-state index in [0.717, 1.165) is 6.54 Å². The van der Waals surface area contributed by atoms with Gasteiger partial charge in [0.2, 0.25) is 5.96 Å². The van der Waals surface area contributed by atoms with Crippen LogP contribution in [0.1, 0.15) is 25.0 Å². The lowest BCUT2D eigenvalue weighted by Gasteiger charge is -2.22. The average Bonchev–Trinajstić information content (AvgIpc) is 2.28. The van der Waals surface area contributed by atoms with Gasteiger partial charge in [-0.1, -0.05) is 24.3 Å². The molecule has 0 aliphatic carbocycles. The van der Waals surface area contributed by atoms with Crippen LogP contribution in [-0.2, 0) is 6.54 Å². The molecular formula is C13H22N4. The zero-order chi connectivity index (χ0) is 12.8. The Labute approximate surface area is 104 Å². The summed E-state index contributed by atoms with van der Waals surface area (Å²) in [4.78, 5) is 6.44. The summed E-state index contributed by atoms with van der Waals surface area (Å²) < 4.78 is 0. The minimum Gasteiger partial charge on any atom is -0.341 e. The van der Waals surface area contributed by atoms with E-state index in [1.54, 1.807) is 0 Å². The fourth-order valence-electron chi connectivity index (χ4n) is 1.61. The maximum Gasteiger partial charge on any atom is 0.208 e. The predicted octanol–water partition coefficient (Wildman–Crippen LogP) is 1.65. The first kappa shape index (κ1) is 13.5. The quantitative estimate of drug-likeness (QED) is 0.362. The van der Waals surface area contributed by atoms with Crippen molar-refractivity contribution >= 4 is 5.96 Å². The highest BCUT2D eigenvalue weighted by atomic mass is 15.4. The molecular weight excluding hydrogens is 212 g/mol. The van der Waals surface area contributed by atoms with Gasteiger partial charge < -0.3 is 4.90 Å². The van der Waals surface area contributed by atoms with E-state index in [9.17, 15) is 0 Å². The van der Waals surface area contributed by atoms with Crippen LogP contribution in [0.2, 0.25) is 0 Å². The summed E-state index contributed by atoms with van der Waals surface area (Å²) in [5.41, 5.74) is 5.21. The molecule has 1 rings (SSSR count). The summed E-state index contributed by atoms with van der Waals surface area (Å²) in [7, 11) is 1.98. The average molecular weight is 234 g/mol. The minimum absolute atomic E-state index is 0.223. The third-order valence-corrected chi connectivity index (χ3v) is 2.54. The maximum atomic E-state index is 5.49. The first-order chi connectivity index (χ1) is 8.04. The third kappa shape index (κ3) is 4.07. The summed E-state index contributed by atoms with van der Waals surface area (Å²) in [6.45, 7) is 6.96. The van der Waals surface area contributed by atoms with E-state index in [1.807, 2.05) is 37.9 Å². The van der Waals surface area contributed by atoms with Crippen molar-refractivity contribution in [3.05, 3.63) is 35.4 Å². The molecule has 4 heteroatoms. The van der Waals surface area contributed by atoms with Crippen LogP contribution < -0.4 is 11.3 Å². The van der Waals surface area contributed by atoms with Crippen LogP contribution in [0, 0.1) is 6.92 Å². The van der Waals surface area contributed by atoms with Gasteiger partial charge in [-0.05, 0) is 31.9 Å². The van der Waals surface area contributed by atoms with E-state index in [4.69, 9.17) is 5.84 Å². The van der Waals surface area contributed by atoms with Crippen LogP contribution in [-0.4, -0.2) is 23.9 Å². The van der Waals surface area contributed by atoms with E-state index >= 15 is 0 Å². The largest absolute Gasteiger partial charge is 0.341 e. The smallest absolute Gasteiger partial charge is 0.208 e. The van der Waals surface area contributed by atoms with Crippen molar-refractivity contribution in [1.29, 1.82) is 0 Å². The number of hydrogen-bond donors (Lipinski definition) is 2. The van der Waals surface area contributed by atoms with Gasteiger partial charge in [0.25, 0.3) is 0 Å². The van der Waals surface area contributed by atoms with Gasteiger partial charge in [-0.25, -0.2) is 10.8 Å². The molecule has 0 spiro atoms. The number of nitrogens with two attached hydrogens (primary N) is 1. The Balaban J connectivity index is 2.78. The molecule has 0 saturated carbocycles. The Hall–Kier alpha value is -1.55. The molecule has 1 aromatic rings. The number of rotatable bonds is 3. The first-order valence-electron chi connectivity index (χ1n) is 5.84. The monoisotopic (exact) mass is 234 g/mol. The summed E-state index contributed by atoms with van der Waals surface area (Å²) in [5, 5.41) is 0. The number of guanidine groups is 1. The minimum atomic E-state index is 0.223. The second-order valence-electron chi connectivity index (χ2n) is 4.47. The molecule has 0 aliphatic heterocycles. The molecule has 1 aromatic carbocycles. The van der Waals surface area contributed by atoms with Crippen LogP contribution in [0.25, 0.3) is 0 Å². The Bertz CT molecular complexity index is 385. The summed E-state index contributed by atoms with van der Waals surface area (Å²) in [6.07, 6.45) is 0. The SMILES string of the molecule is Cc1ccccc1CN(C)C(=NC(C)C)NN. The van der Waals surface area contributed by atoms with Crippen LogP contribution in [0.15, 0.2) is 29.3 Å². The summed E-state index contributed by atoms with van der Waals surface area (Å²) >= 11 is 0. The van der Waals surface area contributed by atoms with Gasteiger partial charge in [-0.3, -0.25) is 5.43 Å². The van der Waals surface area contributed by atoms with Gasteiger partial charge in [-0.2, -0.15) is 0 Å². The van der Waals surface area contributed by atoms with Crippen LogP contribution in [0.3, 0.4) is 0 Å². The van der Waals surface area contributed by atoms with E-state index < -0.39 is 0 Å². The highest BCUT2D eigenvalue weighted by molar-refractivity contribution is 5.79. The van der Waals surface area contributed by atoms with Crippen molar-refractivity contribution in [1.82, 2.24) is 10.3 Å².